The molecule has 5 nitrogen and oxygen atoms in total. The predicted octanol–water partition coefficient (Wildman–Crippen LogP) is 0.961. The lowest BCUT2D eigenvalue weighted by Crippen LogP contribution is -2.41. The SMILES string of the molecule is CC(NC(=O)c1ccncc1N)C1CCCO1. The Morgan fingerprint density at radius 2 is 2.53 bits per heavy atom. The van der Waals surface area contributed by atoms with Crippen molar-refractivity contribution in [1.29, 1.82) is 0 Å². The molecule has 1 aromatic rings. The van der Waals surface area contributed by atoms with Crippen molar-refractivity contribution < 1.29 is 9.53 Å². The molecule has 0 bridgehead atoms. The zero-order valence-corrected chi connectivity index (χ0v) is 9.85. The van der Waals surface area contributed by atoms with Crippen molar-refractivity contribution in [3.8, 4) is 0 Å². The number of nitrogen functional groups attached to an aromatic ring is 1. The van der Waals surface area contributed by atoms with Crippen LogP contribution in [0.2, 0.25) is 0 Å². The normalized spacial score (nSPS) is 21.1. The average Bonchev–Trinajstić information content (AvgIpc) is 2.82. The van der Waals surface area contributed by atoms with Crippen LogP contribution in [0, 0.1) is 0 Å². The molecule has 0 saturated carbocycles. The largest absolute Gasteiger partial charge is 0.397 e. The molecule has 0 radical (unpaired) electrons. The quantitative estimate of drug-likeness (QED) is 0.818. The van der Waals surface area contributed by atoms with Gasteiger partial charge in [-0.1, -0.05) is 0 Å². The minimum Gasteiger partial charge on any atom is -0.397 e. The minimum absolute atomic E-state index is 0.00225. The molecule has 5 heteroatoms. The van der Waals surface area contributed by atoms with Gasteiger partial charge in [0, 0.05) is 12.8 Å². The van der Waals surface area contributed by atoms with Crippen molar-refractivity contribution in [2.24, 2.45) is 0 Å². The fraction of sp³-hybridized carbons (Fsp3) is 0.500. The van der Waals surface area contributed by atoms with Gasteiger partial charge in [0.25, 0.3) is 5.91 Å². The topological polar surface area (TPSA) is 77.2 Å². The molecule has 1 aliphatic rings. The zero-order chi connectivity index (χ0) is 12.3. The first-order chi connectivity index (χ1) is 8.18. The first-order valence-electron chi connectivity index (χ1n) is 5.80. The van der Waals surface area contributed by atoms with E-state index in [1.165, 1.54) is 6.20 Å². The maximum Gasteiger partial charge on any atom is 0.253 e. The number of nitrogens with zero attached hydrogens (tertiary/aromatic N) is 1. The number of carbonyl (C=O) groups is 1. The molecule has 1 fully saturated rings. The van der Waals surface area contributed by atoms with Crippen LogP contribution < -0.4 is 11.1 Å². The van der Waals surface area contributed by atoms with Crippen LogP contribution in [-0.2, 0) is 4.74 Å². The Balaban J connectivity index is 1.99. The number of nitrogens with two attached hydrogens (primary N) is 1. The van der Waals surface area contributed by atoms with E-state index in [0.29, 0.717) is 11.3 Å². The van der Waals surface area contributed by atoms with Gasteiger partial charge in [0.15, 0.2) is 0 Å². The third-order valence-electron chi connectivity index (χ3n) is 2.98. The Kier molecular flexibility index (Phi) is 3.58. The van der Waals surface area contributed by atoms with Crippen LogP contribution in [0.1, 0.15) is 30.1 Å². The smallest absolute Gasteiger partial charge is 0.253 e. The summed E-state index contributed by atoms with van der Waals surface area (Å²) >= 11 is 0. The number of nitrogens with one attached hydrogen (secondary N) is 1. The first kappa shape index (κ1) is 11.9. The summed E-state index contributed by atoms with van der Waals surface area (Å²) in [5.74, 6) is -0.173. The summed E-state index contributed by atoms with van der Waals surface area (Å²) in [5.41, 5.74) is 6.55. The number of pyridine rings is 1. The van der Waals surface area contributed by atoms with Gasteiger partial charge in [0.05, 0.1) is 29.6 Å². The molecule has 2 rings (SSSR count). The lowest BCUT2D eigenvalue weighted by atomic mass is 10.1. The number of anilines is 1. The molecule has 0 spiro atoms. The number of ether oxygens (including phenoxy) is 1. The zero-order valence-electron chi connectivity index (χ0n) is 9.85. The lowest BCUT2D eigenvalue weighted by molar-refractivity contribution is 0.0713. The molecule has 0 aromatic carbocycles. The molecule has 3 N–H and O–H groups in total. The van der Waals surface area contributed by atoms with Gasteiger partial charge in [-0.25, -0.2) is 0 Å². The maximum absolute atomic E-state index is 12.0. The van der Waals surface area contributed by atoms with Gasteiger partial charge >= 0.3 is 0 Å². The highest BCUT2D eigenvalue weighted by Gasteiger charge is 2.24. The molecule has 92 valence electrons. The van der Waals surface area contributed by atoms with Crippen LogP contribution in [0.4, 0.5) is 5.69 Å². The van der Waals surface area contributed by atoms with E-state index in [2.05, 4.69) is 10.3 Å². The van der Waals surface area contributed by atoms with E-state index in [0.717, 1.165) is 19.4 Å². The Morgan fingerprint density at radius 3 is 3.18 bits per heavy atom. The molecule has 2 unspecified atom stereocenters. The van der Waals surface area contributed by atoms with Crippen LogP contribution in [0.5, 0.6) is 0 Å². The predicted molar refractivity (Wildman–Crippen MR) is 64.6 cm³/mol. The van der Waals surface area contributed by atoms with E-state index >= 15 is 0 Å². The third-order valence-corrected chi connectivity index (χ3v) is 2.98. The van der Waals surface area contributed by atoms with E-state index in [-0.39, 0.29) is 18.1 Å². The standard InChI is InChI=1S/C12H17N3O2/c1-8(11-3-2-6-17-11)15-12(16)9-4-5-14-7-10(9)13/h4-5,7-8,11H,2-3,6,13H2,1H3,(H,15,16). The van der Waals surface area contributed by atoms with Crippen LogP contribution in [0.15, 0.2) is 18.5 Å². The lowest BCUT2D eigenvalue weighted by Gasteiger charge is -2.20. The van der Waals surface area contributed by atoms with Gasteiger partial charge in [0.2, 0.25) is 0 Å². The first-order valence-corrected chi connectivity index (χ1v) is 5.80. The second-order valence-electron chi connectivity index (χ2n) is 4.28. The van der Waals surface area contributed by atoms with Gasteiger partial charge in [0.1, 0.15) is 0 Å². The van der Waals surface area contributed by atoms with Gasteiger partial charge in [-0.2, -0.15) is 0 Å². The highest BCUT2D eigenvalue weighted by molar-refractivity contribution is 5.98. The molecule has 1 aromatic heterocycles. The fourth-order valence-electron chi connectivity index (χ4n) is 1.99. The summed E-state index contributed by atoms with van der Waals surface area (Å²) < 4.78 is 5.52. The van der Waals surface area contributed by atoms with Crippen molar-refractivity contribution >= 4 is 11.6 Å². The second-order valence-corrected chi connectivity index (χ2v) is 4.28. The molecule has 2 heterocycles. The van der Waals surface area contributed by atoms with Crippen molar-refractivity contribution in [2.45, 2.75) is 31.9 Å². The van der Waals surface area contributed by atoms with Crippen molar-refractivity contribution in [2.75, 3.05) is 12.3 Å². The molecule has 1 saturated heterocycles. The Bertz CT molecular complexity index is 402. The summed E-state index contributed by atoms with van der Waals surface area (Å²) in [6, 6.07) is 1.62. The van der Waals surface area contributed by atoms with Gasteiger partial charge in [-0.3, -0.25) is 9.78 Å². The van der Waals surface area contributed by atoms with Crippen molar-refractivity contribution in [1.82, 2.24) is 10.3 Å². The Hall–Kier alpha value is -1.62. The number of hydrogen-bond donors (Lipinski definition) is 2. The number of rotatable bonds is 3. The average molecular weight is 235 g/mol. The molecular weight excluding hydrogens is 218 g/mol. The van der Waals surface area contributed by atoms with Crippen LogP contribution in [-0.4, -0.2) is 29.6 Å². The monoisotopic (exact) mass is 235 g/mol. The van der Waals surface area contributed by atoms with E-state index in [9.17, 15) is 4.79 Å². The number of aromatic nitrogens is 1. The highest BCUT2D eigenvalue weighted by atomic mass is 16.5. The summed E-state index contributed by atoms with van der Waals surface area (Å²) in [7, 11) is 0. The molecule has 2 atom stereocenters. The Morgan fingerprint density at radius 1 is 1.71 bits per heavy atom. The van der Waals surface area contributed by atoms with Crippen LogP contribution in [0.25, 0.3) is 0 Å². The molecule has 1 aliphatic heterocycles. The Labute approximate surface area is 100 Å². The summed E-state index contributed by atoms with van der Waals surface area (Å²) in [6.45, 7) is 2.73. The van der Waals surface area contributed by atoms with Crippen LogP contribution in [0.3, 0.4) is 0 Å². The number of carbonyl (C=O) groups excluding carboxylic acids is 1. The number of amides is 1. The molecule has 1 amide bonds. The van der Waals surface area contributed by atoms with E-state index < -0.39 is 0 Å². The van der Waals surface area contributed by atoms with Gasteiger partial charge in [-0.05, 0) is 25.8 Å². The molecular formula is C12H17N3O2. The molecule has 0 aliphatic carbocycles. The highest BCUT2D eigenvalue weighted by Crippen LogP contribution is 2.16. The van der Waals surface area contributed by atoms with E-state index in [4.69, 9.17) is 10.5 Å². The van der Waals surface area contributed by atoms with Gasteiger partial charge < -0.3 is 15.8 Å². The van der Waals surface area contributed by atoms with Crippen LogP contribution >= 0.6 is 0 Å². The summed E-state index contributed by atoms with van der Waals surface area (Å²) in [4.78, 5) is 15.8. The second kappa shape index (κ2) is 5.14. The van der Waals surface area contributed by atoms with E-state index in [1.54, 1.807) is 12.3 Å². The number of hydrogen-bond acceptors (Lipinski definition) is 4. The van der Waals surface area contributed by atoms with Crippen molar-refractivity contribution in [3.05, 3.63) is 24.0 Å². The molecule has 17 heavy (non-hydrogen) atoms. The van der Waals surface area contributed by atoms with Crippen molar-refractivity contribution in [3.63, 3.8) is 0 Å². The van der Waals surface area contributed by atoms with E-state index in [1.807, 2.05) is 6.92 Å². The fourth-order valence-corrected chi connectivity index (χ4v) is 1.99. The van der Waals surface area contributed by atoms with Gasteiger partial charge in [-0.15, -0.1) is 0 Å². The minimum atomic E-state index is -0.173. The summed E-state index contributed by atoms with van der Waals surface area (Å²) in [5, 5.41) is 2.91. The third kappa shape index (κ3) is 2.74. The maximum atomic E-state index is 12.0. The summed E-state index contributed by atoms with van der Waals surface area (Å²) in [6.07, 6.45) is 5.20.